The van der Waals surface area contributed by atoms with Gasteiger partial charge < -0.3 is 10.5 Å². The van der Waals surface area contributed by atoms with Crippen LogP contribution in [0, 0.1) is 5.41 Å². The van der Waals surface area contributed by atoms with Crippen LogP contribution in [-0.4, -0.2) is 23.8 Å². The van der Waals surface area contributed by atoms with Crippen molar-refractivity contribution >= 4 is 11.8 Å². The Hall–Kier alpha value is -1.88. The number of imide groups is 1. The van der Waals surface area contributed by atoms with E-state index >= 15 is 0 Å². The first-order valence-corrected chi connectivity index (χ1v) is 7.05. The van der Waals surface area contributed by atoms with Crippen LogP contribution in [-0.2, 0) is 22.7 Å². The second-order valence-electron chi connectivity index (χ2n) is 6.24. The lowest BCUT2D eigenvalue weighted by Gasteiger charge is -2.34. The number of carbonyl (C=O) groups is 2. The number of nitrogens with zero attached hydrogens (tertiary/aromatic N) is 1. The highest BCUT2D eigenvalue weighted by atomic mass is 16.5. The third-order valence-corrected chi connectivity index (χ3v) is 3.77. The summed E-state index contributed by atoms with van der Waals surface area (Å²) < 4.78 is 5.28. The van der Waals surface area contributed by atoms with Crippen LogP contribution >= 0.6 is 0 Å². The van der Waals surface area contributed by atoms with E-state index in [1.54, 1.807) is 7.11 Å². The van der Waals surface area contributed by atoms with Crippen LogP contribution in [0.2, 0.25) is 0 Å². The van der Waals surface area contributed by atoms with Crippen molar-refractivity contribution in [3.05, 3.63) is 29.3 Å². The van der Waals surface area contributed by atoms with Gasteiger partial charge in [-0.15, -0.1) is 0 Å². The van der Waals surface area contributed by atoms with E-state index in [2.05, 4.69) is 0 Å². The van der Waals surface area contributed by atoms with E-state index in [0.29, 0.717) is 25.1 Å². The molecule has 0 spiro atoms. The summed E-state index contributed by atoms with van der Waals surface area (Å²) >= 11 is 0. The zero-order chi connectivity index (χ0) is 15.6. The Morgan fingerprint density at radius 3 is 2.38 bits per heavy atom. The Morgan fingerprint density at radius 1 is 1.24 bits per heavy atom. The average Bonchev–Trinajstić information content (AvgIpc) is 2.41. The van der Waals surface area contributed by atoms with Crippen LogP contribution in [0.25, 0.3) is 0 Å². The number of hydrogen-bond acceptors (Lipinski definition) is 4. The van der Waals surface area contributed by atoms with Crippen molar-refractivity contribution in [2.75, 3.05) is 7.11 Å². The Balaban J connectivity index is 2.18. The predicted molar refractivity (Wildman–Crippen MR) is 79.5 cm³/mol. The Morgan fingerprint density at radius 2 is 1.86 bits per heavy atom. The number of rotatable bonds is 4. The molecule has 2 amide bonds. The molecule has 2 rings (SSSR count). The van der Waals surface area contributed by atoms with Gasteiger partial charge in [0.25, 0.3) is 0 Å². The SMILES string of the molecule is COc1cc(CN2C(=O)CC(C)(C)CC2=O)ccc1CN. The van der Waals surface area contributed by atoms with E-state index in [-0.39, 0.29) is 23.8 Å². The first kappa shape index (κ1) is 15.5. The molecule has 0 unspecified atom stereocenters. The minimum absolute atomic E-state index is 0.113. The quantitative estimate of drug-likeness (QED) is 0.859. The van der Waals surface area contributed by atoms with Crippen molar-refractivity contribution < 1.29 is 14.3 Å². The normalized spacial score (nSPS) is 18.0. The fraction of sp³-hybridized carbons (Fsp3) is 0.500. The van der Waals surface area contributed by atoms with Crippen molar-refractivity contribution in [1.82, 2.24) is 4.90 Å². The Labute approximate surface area is 125 Å². The Bertz CT molecular complexity index is 547. The van der Waals surface area contributed by atoms with Crippen LogP contribution in [0.4, 0.5) is 0 Å². The van der Waals surface area contributed by atoms with Crippen molar-refractivity contribution in [3.63, 3.8) is 0 Å². The molecule has 1 aliphatic rings. The van der Waals surface area contributed by atoms with Gasteiger partial charge in [0, 0.05) is 24.9 Å². The summed E-state index contributed by atoms with van der Waals surface area (Å²) in [5.41, 5.74) is 7.16. The minimum atomic E-state index is -0.244. The maximum absolute atomic E-state index is 12.2. The number of benzene rings is 1. The van der Waals surface area contributed by atoms with Gasteiger partial charge in [-0.1, -0.05) is 26.0 Å². The fourth-order valence-corrected chi connectivity index (χ4v) is 2.63. The lowest BCUT2D eigenvalue weighted by molar-refractivity contribution is -0.153. The van der Waals surface area contributed by atoms with Gasteiger partial charge in [0.05, 0.1) is 13.7 Å². The van der Waals surface area contributed by atoms with Crippen LogP contribution in [0.1, 0.15) is 37.8 Å². The second-order valence-corrected chi connectivity index (χ2v) is 6.24. The number of likely N-dealkylation sites (tertiary alicyclic amines) is 1. The molecule has 5 nitrogen and oxygen atoms in total. The lowest BCUT2D eigenvalue weighted by Crippen LogP contribution is -2.45. The van der Waals surface area contributed by atoms with Crippen LogP contribution < -0.4 is 10.5 Å². The zero-order valence-electron chi connectivity index (χ0n) is 12.8. The third kappa shape index (κ3) is 3.42. The summed E-state index contributed by atoms with van der Waals surface area (Å²) in [6, 6.07) is 5.59. The summed E-state index contributed by atoms with van der Waals surface area (Å²) in [5, 5.41) is 0. The number of carbonyl (C=O) groups excluding carboxylic acids is 2. The zero-order valence-corrected chi connectivity index (χ0v) is 12.8. The van der Waals surface area contributed by atoms with Gasteiger partial charge in [0.1, 0.15) is 5.75 Å². The molecule has 0 saturated carbocycles. The molecule has 0 radical (unpaired) electrons. The molecule has 0 aliphatic carbocycles. The van der Waals surface area contributed by atoms with E-state index in [9.17, 15) is 9.59 Å². The average molecular weight is 290 g/mol. The molecule has 2 N–H and O–H groups in total. The van der Waals surface area contributed by atoms with Gasteiger partial charge in [-0.25, -0.2) is 0 Å². The first-order valence-electron chi connectivity index (χ1n) is 7.05. The van der Waals surface area contributed by atoms with E-state index in [0.717, 1.165) is 11.1 Å². The van der Waals surface area contributed by atoms with Crippen molar-refractivity contribution in [2.24, 2.45) is 11.1 Å². The molecule has 1 aromatic carbocycles. The highest BCUT2D eigenvalue weighted by Gasteiger charge is 2.37. The summed E-state index contributed by atoms with van der Waals surface area (Å²) in [5.74, 6) is 0.462. The van der Waals surface area contributed by atoms with E-state index < -0.39 is 0 Å². The minimum Gasteiger partial charge on any atom is -0.496 e. The summed E-state index contributed by atoms with van der Waals surface area (Å²) in [6.45, 7) is 4.56. The Kier molecular flexibility index (Phi) is 4.32. The fourth-order valence-electron chi connectivity index (χ4n) is 2.63. The molecule has 114 valence electrons. The van der Waals surface area contributed by atoms with E-state index in [4.69, 9.17) is 10.5 Å². The largest absolute Gasteiger partial charge is 0.496 e. The van der Waals surface area contributed by atoms with Crippen LogP contribution in [0.3, 0.4) is 0 Å². The summed E-state index contributed by atoms with van der Waals surface area (Å²) in [7, 11) is 1.58. The molecule has 1 aromatic rings. The third-order valence-electron chi connectivity index (χ3n) is 3.77. The number of ether oxygens (including phenoxy) is 1. The maximum atomic E-state index is 12.2. The number of piperidine rings is 1. The summed E-state index contributed by atoms with van der Waals surface area (Å²) in [6.07, 6.45) is 0.799. The van der Waals surface area contributed by atoms with Crippen molar-refractivity contribution in [3.8, 4) is 5.75 Å². The van der Waals surface area contributed by atoms with Gasteiger partial charge in [0.2, 0.25) is 11.8 Å². The molecule has 0 atom stereocenters. The summed E-state index contributed by atoms with van der Waals surface area (Å²) in [4.78, 5) is 25.6. The van der Waals surface area contributed by atoms with Crippen LogP contribution in [0.15, 0.2) is 18.2 Å². The van der Waals surface area contributed by atoms with Gasteiger partial charge in [0.15, 0.2) is 0 Å². The van der Waals surface area contributed by atoms with E-state index in [1.165, 1.54) is 4.90 Å². The van der Waals surface area contributed by atoms with Gasteiger partial charge in [-0.3, -0.25) is 14.5 Å². The number of amides is 2. The smallest absolute Gasteiger partial charge is 0.230 e. The first-order chi connectivity index (χ1) is 9.86. The number of nitrogens with two attached hydrogens (primary N) is 1. The number of methoxy groups -OCH3 is 1. The molecule has 21 heavy (non-hydrogen) atoms. The molecular weight excluding hydrogens is 268 g/mol. The number of hydrogen-bond donors (Lipinski definition) is 1. The van der Waals surface area contributed by atoms with Crippen molar-refractivity contribution in [2.45, 2.75) is 39.8 Å². The standard InChI is InChI=1S/C16H22N2O3/c1-16(2)7-14(19)18(15(20)8-16)10-11-4-5-12(9-17)13(6-11)21-3/h4-6H,7-10,17H2,1-3H3. The van der Waals surface area contributed by atoms with Gasteiger partial charge in [-0.2, -0.15) is 0 Å². The lowest BCUT2D eigenvalue weighted by atomic mass is 9.81. The molecule has 0 aromatic heterocycles. The predicted octanol–water partition coefficient (Wildman–Crippen LogP) is 1.83. The molecule has 1 saturated heterocycles. The molecular formula is C16H22N2O3. The maximum Gasteiger partial charge on any atom is 0.230 e. The molecule has 0 bridgehead atoms. The molecule has 1 aliphatic heterocycles. The molecule has 5 heteroatoms. The highest BCUT2D eigenvalue weighted by molar-refractivity contribution is 5.98. The highest BCUT2D eigenvalue weighted by Crippen LogP contribution is 2.32. The van der Waals surface area contributed by atoms with Gasteiger partial charge in [-0.05, 0) is 17.0 Å². The second kappa shape index (κ2) is 5.85. The van der Waals surface area contributed by atoms with E-state index in [1.807, 2.05) is 32.0 Å². The van der Waals surface area contributed by atoms with Gasteiger partial charge >= 0.3 is 0 Å². The topological polar surface area (TPSA) is 72.6 Å². The monoisotopic (exact) mass is 290 g/mol. The van der Waals surface area contributed by atoms with Crippen molar-refractivity contribution in [1.29, 1.82) is 0 Å². The molecule has 1 fully saturated rings. The van der Waals surface area contributed by atoms with Crippen LogP contribution in [0.5, 0.6) is 5.75 Å². The molecule has 1 heterocycles.